The molecular formula is C21H29NO3. The van der Waals surface area contributed by atoms with Gasteiger partial charge in [-0.15, -0.1) is 0 Å². The van der Waals surface area contributed by atoms with Crippen LogP contribution in [0.4, 0.5) is 0 Å². The maximum Gasteiger partial charge on any atom is 0.293 e. The summed E-state index contributed by atoms with van der Waals surface area (Å²) in [6.07, 6.45) is 2.79. The third-order valence-electron chi connectivity index (χ3n) is 3.95. The van der Waals surface area contributed by atoms with Gasteiger partial charge >= 0.3 is 0 Å². The fraction of sp³-hybridized carbons (Fsp3) is 0.476. The van der Waals surface area contributed by atoms with Crippen molar-refractivity contribution in [3.05, 3.63) is 48.0 Å². The van der Waals surface area contributed by atoms with E-state index in [1.54, 1.807) is 0 Å². The van der Waals surface area contributed by atoms with Crippen LogP contribution in [0.1, 0.15) is 39.2 Å². The number of benzene rings is 2. The van der Waals surface area contributed by atoms with Crippen molar-refractivity contribution in [2.24, 2.45) is 0 Å². The quantitative estimate of drug-likeness (QED) is 0.850. The maximum atomic E-state index is 9.60. The van der Waals surface area contributed by atoms with E-state index in [4.69, 9.17) is 4.74 Å². The number of ether oxygens (including phenoxy) is 2. The van der Waals surface area contributed by atoms with Crippen molar-refractivity contribution in [1.82, 2.24) is 5.32 Å². The van der Waals surface area contributed by atoms with Crippen molar-refractivity contribution < 1.29 is 14.3 Å². The van der Waals surface area contributed by atoms with Gasteiger partial charge in [-0.2, -0.15) is 0 Å². The highest BCUT2D eigenvalue weighted by Crippen LogP contribution is 2.17. The highest BCUT2D eigenvalue weighted by atomic mass is 16.5. The highest BCUT2D eigenvalue weighted by molar-refractivity contribution is 5.82. The molecule has 25 heavy (non-hydrogen) atoms. The van der Waals surface area contributed by atoms with Crippen LogP contribution >= 0.6 is 0 Å². The van der Waals surface area contributed by atoms with Gasteiger partial charge in [-0.05, 0) is 62.6 Å². The molecular weight excluding hydrogens is 314 g/mol. The molecule has 0 bridgehead atoms. The number of carbonyl (C=O) groups excluding carboxylic acids is 1. The van der Waals surface area contributed by atoms with E-state index in [1.165, 1.54) is 29.2 Å². The summed E-state index contributed by atoms with van der Waals surface area (Å²) in [6, 6.07) is 15.0. The molecule has 1 fully saturated rings. The van der Waals surface area contributed by atoms with Gasteiger partial charge in [0.05, 0.1) is 12.7 Å². The Morgan fingerprint density at radius 3 is 2.52 bits per heavy atom. The first-order chi connectivity index (χ1) is 12.0. The Balaban J connectivity index is 0.000000277. The van der Waals surface area contributed by atoms with Crippen LogP contribution in [-0.2, 0) is 20.9 Å². The van der Waals surface area contributed by atoms with Crippen LogP contribution in [0.15, 0.2) is 42.5 Å². The lowest BCUT2D eigenvalue weighted by atomic mass is 10.1. The Labute approximate surface area is 150 Å². The molecule has 1 saturated heterocycles. The van der Waals surface area contributed by atoms with Gasteiger partial charge in [-0.1, -0.05) is 36.4 Å². The smallest absolute Gasteiger partial charge is 0.293 e. The normalized spacial score (nSPS) is 17.5. The first kappa shape index (κ1) is 19.4. The van der Waals surface area contributed by atoms with E-state index in [9.17, 15) is 4.79 Å². The summed E-state index contributed by atoms with van der Waals surface area (Å²) in [4.78, 5) is 9.60. The van der Waals surface area contributed by atoms with Gasteiger partial charge in [-0.25, -0.2) is 0 Å². The Bertz CT molecular complexity index is 657. The molecule has 0 spiro atoms. The zero-order chi connectivity index (χ0) is 18.1. The predicted molar refractivity (Wildman–Crippen MR) is 102 cm³/mol. The summed E-state index contributed by atoms with van der Waals surface area (Å²) < 4.78 is 10.5. The molecule has 3 rings (SSSR count). The molecule has 2 aromatic rings. The second-order valence-electron chi connectivity index (χ2n) is 7.29. The van der Waals surface area contributed by atoms with Crippen molar-refractivity contribution >= 4 is 17.2 Å². The fourth-order valence-corrected chi connectivity index (χ4v) is 2.65. The fourth-order valence-electron chi connectivity index (χ4n) is 2.65. The van der Waals surface area contributed by atoms with Crippen molar-refractivity contribution in [2.45, 2.75) is 51.9 Å². The molecule has 2 aromatic carbocycles. The van der Waals surface area contributed by atoms with Crippen LogP contribution in [0.2, 0.25) is 0 Å². The molecule has 1 unspecified atom stereocenters. The van der Waals surface area contributed by atoms with Crippen LogP contribution in [0.3, 0.4) is 0 Å². The number of fused-ring (bicyclic) bond motifs is 1. The van der Waals surface area contributed by atoms with Crippen LogP contribution in [-0.4, -0.2) is 31.3 Å². The van der Waals surface area contributed by atoms with Gasteiger partial charge in [0.2, 0.25) is 0 Å². The Morgan fingerprint density at radius 2 is 1.92 bits per heavy atom. The largest absolute Gasteiger partial charge is 0.462 e. The van der Waals surface area contributed by atoms with Crippen molar-refractivity contribution in [3.63, 3.8) is 0 Å². The first-order valence-corrected chi connectivity index (χ1v) is 8.89. The minimum absolute atomic E-state index is 0.318. The third-order valence-corrected chi connectivity index (χ3v) is 3.95. The Kier molecular flexibility index (Phi) is 7.41. The lowest BCUT2D eigenvalue weighted by molar-refractivity contribution is -0.138. The molecule has 0 amide bonds. The molecule has 1 N–H and O–H groups in total. The molecule has 1 aliphatic heterocycles. The van der Waals surface area contributed by atoms with E-state index < -0.39 is 0 Å². The molecule has 136 valence electrons. The Morgan fingerprint density at radius 1 is 1.16 bits per heavy atom. The second kappa shape index (κ2) is 9.54. The number of nitrogens with one attached hydrogen (secondary N) is 1. The van der Waals surface area contributed by atoms with E-state index in [0.717, 1.165) is 19.7 Å². The molecule has 0 aliphatic carbocycles. The Hall–Kier alpha value is -1.91. The lowest BCUT2D eigenvalue weighted by Gasteiger charge is -2.23. The molecule has 0 radical (unpaired) electrons. The van der Waals surface area contributed by atoms with Crippen molar-refractivity contribution in [1.29, 1.82) is 0 Å². The zero-order valence-corrected chi connectivity index (χ0v) is 15.5. The van der Waals surface area contributed by atoms with E-state index in [2.05, 4.69) is 52.5 Å². The van der Waals surface area contributed by atoms with Crippen molar-refractivity contribution in [2.75, 3.05) is 13.1 Å². The minimum atomic E-state index is -0.318. The van der Waals surface area contributed by atoms with E-state index >= 15 is 0 Å². The number of rotatable bonds is 4. The summed E-state index contributed by atoms with van der Waals surface area (Å²) in [6.45, 7) is 8.77. The lowest BCUT2D eigenvalue weighted by Crippen LogP contribution is -2.35. The van der Waals surface area contributed by atoms with Gasteiger partial charge in [-0.3, -0.25) is 4.79 Å². The predicted octanol–water partition coefficient (Wildman–Crippen LogP) is 4.07. The summed E-state index contributed by atoms with van der Waals surface area (Å²) in [5, 5.41) is 5.96. The first-order valence-electron chi connectivity index (χ1n) is 8.89. The van der Waals surface area contributed by atoms with Crippen LogP contribution in [0.25, 0.3) is 10.8 Å². The average molecular weight is 343 g/mol. The highest BCUT2D eigenvalue weighted by Gasteiger charge is 2.13. The summed E-state index contributed by atoms with van der Waals surface area (Å²) >= 11 is 0. The van der Waals surface area contributed by atoms with E-state index in [1.807, 2.05) is 20.8 Å². The molecule has 0 aromatic heterocycles. The van der Waals surface area contributed by atoms with E-state index in [-0.39, 0.29) is 5.60 Å². The van der Waals surface area contributed by atoms with Gasteiger partial charge in [0, 0.05) is 6.54 Å². The topological polar surface area (TPSA) is 47.6 Å². The molecule has 0 saturated carbocycles. The summed E-state index contributed by atoms with van der Waals surface area (Å²) in [5.41, 5.74) is 0.946. The minimum Gasteiger partial charge on any atom is -0.462 e. The molecule has 1 aliphatic rings. The second-order valence-corrected chi connectivity index (χ2v) is 7.29. The number of piperidine rings is 1. The number of hydrogen-bond donors (Lipinski definition) is 1. The molecule has 1 heterocycles. The van der Waals surface area contributed by atoms with Crippen LogP contribution < -0.4 is 5.32 Å². The van der Waals surface area contributed by atoms with Gasteiger partial charge < -0.3 is 14.8 Å². The van der Waals surface area contributed by atoms with Gasteiger partial charge in [0.15, 0.2) is 0 Å². The third kappa shape index (κ3) is 7.24. The molecule has 4 nitrogen and oxygen atoms in total. The van der Waals surface area contributed by atoms with Crippen LogP contribution in [0.5, 0.6) is 0 Å². The maximum absolute atomic E-state index is 9.60. The SMILES string of the molecule is CC(C)(C)OC=O.c1ccc2cc(COC3CCCNC3)ccc2c1. The average Bonchev–Trinajstić information content (AvgIpc) is 2.60. The number of carbonyl (C=O) groups is 1. The van der Waals surface area contributed by atoms with Crippen molar-refractivity contribution in [3.8, 4) is 0 Å². The monoisotopic (exact) mass is 343 g/mol. The van der Waals surface area contributed by atoms with Gasteiger partial charge in [0.1, 0.15) is 5.60 Å². The standard InChI is InChI=1S/C16H19NO.C5H10O2/c1-2-5-15-10-13(7-8-14(15)4-1)12-18-16-6-3-9-17-11-16;1-5(2,3)7-4-6/h1-2,4-5,7-8,10,16-17H,3,6,9,11-12H2;4H,1-3H3. The number of hydrogen-bond acceptors (Lipinski definition) is 4. The van der Waals surface area contributed by atoms with Gasteiger partial charge in [0.25, 0.3) is 6.47 Å². The molecule has 4 heteroatoms. The van der Waals surface area contributed by atoms with Crippen LogP contribution in [0, 0.1) is 0 Å². The summed E-state index contributed by atoms with van der Waals surface area (Å²) in [7, 11) is 0. The summed E-state index contributed by atoms with van der Waals surface area (Å²) in [5.74, 6) is 0. The zero-order valence-electron chi connectivity index (χ0n) is 15.5. The van der Waals surface area contributed by atoms with E-state index in [0.29, 0.717) is 12.6 Å². The molecule has 1 atom stereocenters.